The summed E-state index contributed by atoms with van der Waals surface area (Å²) in [7, 11) is 0. The maximum atomic E-state index is 13.7. The molecule has 0 aliphatic heterocycles. The van der Waals surface area contributed by atoms with Gasteiger partial charge in [-0.15, -0.1) is 0 Å². The van der Waals surface area contributed by atoms with Crippen molar-refractivity contribution in [1.82, 2.24) is 0 Å². The summed E-state index contributed by atoms with van der Waals surface area (Å²) in [5, 5.41) is 0. The third kappa shape index (κ3) is 3.90. The zero-order valence-electron chi connectivity index (χ0n) is 11.3. The lowest BCUT2D eigenvalue weighted by molar-refractivity contribution is 0.550. The molecular formula is C17H20FN. The molecule has 1 unspecified atom stereocenters. The van der Waals surface area contributed by atoms with E-state index in [2.05, 4.69) is 12.1 Å². The van der Waals surface area contributed by atoms with Crippen LogP contribution in [0.4, 0.5) is 4.39 Å². The minimum Gasteiger partial charge on any atom is -0.324 e. The van der Waals surface area contributed by atoms with Gasteiger partial charge in [0.15, 0.2) is 0 Å². The van der Waals surface area contributed by atoms with Crippen LogP contribution in [0.15, 0.2) is 48.5 Å². The molecule has 2 aromatic rings. The Morgan fingerprint density at radius 1 is 1.11 bits per heavy atom. The second-order valence-corrected chi connectivity index (χ2v) is 5.01. The minimum atomic E-state index is -0.219. The van der Waals surface area contributed by atoms with Crippen LogP contribution < -0.4 is 5.73 Å². The Morgan fingerprint density at radius 2 is 1.84 bits per heavy atom. The third-order valence-electron chi connectivity index (χ3n) is 3.37. The first-order chi connectivity index (χ1) is 9.16. The predicted molar refractivity (Wildman–Crippen MR) is 77.4 cm³/mol. The maximum absolute atomic E-state index is 13.7. The Labute approximate surface area is 114 Å². The number of halogens is 1. The molecule has 2 aromatic carbocycles. The van der Waals surface area contributed by atoms with Gasteiger partial charge in [-0.3, -0.25) is 0 Å². The van der Waals surface area contributed by atoms with Gasteiger partial charge in [-0.1, -0.05) is 48.0 Å². The molecule has 0 aromatic heterocycles. The largest absolute Gasteiger partial charge is 0.324 e. The SMILES string of the molecule is Cc1ccc(F)c(C(N)CCCc2ccccc2)c1. The van der Waals surface area contributed by atoms with Crippen molar-refractivity contribution in [3.05, 3.63) is 71.0 Å². The number of aryl methyl sites for hydroxylation is 2. The van der Waals surface area contributed by atoms with Crippen molar-refractivity contribution in [3.8, 4) is 0 Å². The van der Waals surface area contributed by atoms with E-state index in [0.717, 1.165) is 24.8 Å². The molecule has 2 rings (SSSR count). The van der Waals surface area contributed by atoms with Gasteiger partial charge in [0.25, 0.3) is 0 Å². The van der Waals surface area contributed by atoms with Crippen LogP contribution in [0.5, 0.6) is 0 Å². The van der Waals surface area contributed by atoms with Crippen LogP contribution in [-0.4, -0.2) is 0 Å². The Morgan fingerprint density at radius 3 is 2.58 bits per heavy atom. The lowest BCUT2D eigenvalue weighted by Gasteiger charge is -2.13. The van der Waals surface area contributed by atoms with E-state index in [0.29, 0.717) is 5.56 Å². The van der Waals surface area contributed by atoms with E-state index in [1.807, 2.05) is 31.2 Å². The summed E-state index contributed by atoms with van der Waals surface area (Å²) in [6, 6.07) is 15.2. The lowest BCUT2D eigenvalue weighted by atomic mass is 9.98. The van der Waals surface area contributed by atoms with E-state index < -0.39 is 0 Å². The highest BCUT2D eigenvalue weighted by Crippen LogP contribution is 2.21. The molecule has 0 spiro atoms. The van der Waals surface area contributed by atoms with Crippen LogP contribution in [0.3, 0.4) is 0 Å². The first kappa shape index (κ1) is 13.8. The second-order valence-electron chi connectivity index (χ2n) is 5.01. The van der Waals surface area contributed by atoms with Crippen LogP contribution in [0.2, 0.25) is 0 Å². The van der Waals surface area contributed by atoms with Crippen molar-refractivity contribution in [3.63, 3.8) is 0 Å². The van der Waals surface area contributed by atoms with Gasteiger partial charge in [0.05, 0.1) is 0 Å². The fraction of sp³-hybridized carbons (Fsp3) is 0.294. The summed E-state index contributed by atoms with van der Waals surface area (Å²) in [5.74, 6) is -0.196. The molecule has 0 bridgehead atoms. The number of benzene rings is 2. The highest BCUT2D eigenvalue weighted by Gasteiger charge is 2.11. The van der Waals surface area contributed by atoms with Gasteiger partial charge in [-0.2, -0.15) is 0 Å². The maximum Gasteiger partial charge on any atom is 0.127 e. The Kier molecular flexibility index (Phi) is 4.69. The molecular weight excluding hydrogens is 237 g/mol. The standard InChI is InChI=1S/C17H20FN/c1-13-10-11-16(18)15(12-13)17(19)9-5-8-14-6-3-2-4-7-14/h2-4,6-7,10-12,17H,5,8-9,19H2,1H3. The Hall–Kier alpha value is -1.67. The van der Waals surface area contributed by atoms with Crippen molar-refractivity contribution in [2.24, 2.45) is 5.73 Å². The summed E-state index contributed by atoms with van der Waals surface area (Å²) in [6.45, 7) is 1.96. The van der Waals surface area contributed by atoms with E-state index in [4.69, 9.17) is 5.73 Å². The highest BCUT2D eigenvalue weighted by atomic mass is 19.1. The van der Waals surface area contributed by atoms with Gasteiger partial charge in [-0.05, 0) is 37.8 Å². The molecule has 0 fully saturated rings. The molecule has 0 heterocycles. The Bertz CT molecular complexity index is 522. The minimum absolute atomic E-state index is 0.196. The zero-order chi connectivity index (χ0) is 13.7. The van der Waals surface area contributed by atoms with Crippen LogP contribution >= 0.6 is 0 Å². The average molecular weight is 257 g/mol. The normalized spacial score (nSPS) is 12.4. The van der Waals surface area contributed by atoms with Crippen molar-refractivity contribution in [2.75, 3.05) is 0 Å². The van der Waals surface area contributed by atoms with E-state index in [1.54, 1.807) is 6.07 Å². The molecule has 2 heteroatoms. The van der Waals surface area contributed by atoms with Crippen LogP contribution in [-0.2, 0) is 6.42 Å². The molecule has 0 aliphatic rings. The first-order valence-corrected chi connectivity index (χ1v) is 6.72. The van der Waals surface area contributed by atoms with Gasteiger partial charge < -0.3 is 5.73 Å². The molecule has 0 amide bonds. The topological polar surface area (TPSA) is 26.0 Å². The number of hydrogen-bond acceptors (Lipinski definition) is 1. The zero-order valence-corrected chi connectivity index (χ0v) is 11.3. The molecule has 19 heavy (non-hydrogen) atoms. The smallest absolute Gasteiger partial charge is 0.127 e. The van der Waals surface area contributed by atoms with Gasteiger partial charge >= 0.3 is 0 Å². The summed E-state index contributed by atoms with van der Waals surface area (Å²) in [4.78, 5) is 0. The highest BCUT2D eigenvalue weighted by molar-refractivity contribution is 5.26. The third-order valence-corrected chi connectivity index (χ3v) is 3.37. The molecule has 0 saturated carbocycles. The molecule has 2 N–H and O–H groups in total. The van der Waals surface area contributed by atoms with Crippen molar-refractivity contribution in [1.29, 1.82) is 0 Å². The van der Waals surface area contributed by atoms with Gasteiger partial charge in [0, 0.05) is 11.6 Å². The number of hydrogen-bond donors (Lipinski definition) is 1. The van der Waals surface area contributed by atoms with Crippen LogP contribution in [0, 0.1) is 12.7 Å². The summed E-state index contributed by atoms with van der Waals surface area (Å²) in [5.41, 5.74) is 9.08. The Balaban J connectivity index is 1.91. The number of rotatable bonds is 5. The molecule has 0 aliphatic carbocycles. The van der Waals surface area contributed by atoms with Crippen molar-refractivity contribution in [2.45, 2.75) is 32.2 Å². The van der Waals surface area contributed by atoms with Crippen molar-refractivity contribution < 1.29 is 4.39 Å². The van der Waals surface area contributed by atoms with Crippen molar-refractivity contribution >= 4 is 0 Å². The van der Waals surface area contributed by atoms with Gasteiger partial charge in [0.1, 0.15) is 5.82 Å². The quantitative estimate of drug-likeness (QED) is 0.855. The second kappa shape index (κ2) is 6.48. The monoisotopic (exact) mass is 257 g/mol. The van der Waals surface area contributed by atoms with Gasteiger partial charge in [0.2, 0.25) is 0 Å². The summed E-state index contributed by atoms with van der Waals surface area (Å²) >= 11 is 0. The van der Waals surface area contributed by atoms with E-state index in [-0.39, 0.29) is 11.9 Å². The fourth-order valence-electron chi connectivity index (χ4n) is 2.27. The molecule has 1 atom stereocenters. The first-order valence-electron chi connectivity index (χ1n) is 6.72. The molecule has 0 saturated heterocycles. The molecule has 100 valence electrons. The average Bonchev–Trinajstić information content (AvgIpc) is 2.42. The molecule has 0 radical (unpaired) electrons. The van der Waals surface area contributed by atoms with Crippen LogP contribution in [0.1, 0.15) is 35.6 Å². The predicted octanol–water partition coefficient (Wildman–Crippen LogP) is 4.16. The lowest BCUT2D eigenvalue weighted by Crippen LogP contribution is -2.12. The van der Waals surface area contributed by atoms with Crippen LogP contribution in [0.25, 0.3) is 0 Å². The van der Waals surface area contributed by atoms with E-state index in [1.165, 1.54) is 11.6 Å². The summed E-state index contributed by atoms with van der Waals surface area (Å²) in [6.07, 6.45) is 2.76. The fourth-order valence-corrected chi connectivity index (χ4v) is 2.27. The molecule has 1 nitrogen and oxygen atoms in total. The van der Waals surface area contributed by atoms with E-state index in [9.17, 15) is 4.39 Å². The number of nitrogens with two attached hydrogens (primary N) is 1. The summed E-state index contributed by atoms with van der Waals surface area (Å²) < 4.78 is 13.7. The van der Waals surface area contributed by atoms with Gasteiger partial charge in [-0.25, -0.2) is 4.39 Å². The van der Waals surface area contributed by atoms with E-state index >= 15 is 0 Å².